The molecule has 0 aliphatic carbocycles. The first-order valence-electron chi connectivity index (χ1n) is 7.57. The fourth-order valence-electron chi connectivity index (χ4n) is 2.32. The molecule has 0 bridgehead atoms. The van der Waals surface area contributed by atoms with Gasteiger partial charge in [0.25, 0.3) is 0 Å². The van der Waals surface area contributed by atoms with E-state index in [-0.39, 0.29) is 10.8 Å². The normalized spacial score (nSPS) is 17.8. The zero-order valence-electron chi connectivity index (χ0n) is 14.0. The molecule has 0 radical (unpaired) electrons. The Morgan fingerprint density at radius 2 is 1.38 bits per heavy atom. The molecule has 1 saturated heterocycles. The van der Waals surface area contributed by atoms with E-state index in [0.717, 1.165) is 12.2 Å². The predicted molar refractivity (Wildman–Crippen MR) is 87.9 cm³/mol. The summed E-state index contributed by atoms with van der Waals surface area (Å²) in [4.78, 5) is 0. The molecule has 1 fully saturated rings. The lowest BCUT2D eigenvalue weighted by Crippen LogP contribution is -2.19. The van der Waals surface area contributed by atoms with Gasteiger partial charge in [0, 0.05) is 11.1 Å². The van der Waals surface area contributed by atoms with E-state index >= 15 is 0 Å². The van der Waals surface area contributed by atoms with Crippen LogP contribution in [0.2, 0.25) is 0 Å². The predicted octanol–water partition coefficient (Wildman–Crippen LogP) is 5.32. The van der Waals surface area contributed by atoms with Crippen LogP contribution in [0.3, 0.4) is 0 Å². The molecule has 0 aromatic heterocycles. The molecule has 0 unspecified atom stereocenters. The molecule has 0 saturated carbocycles. The second kappa shape index (κ2) is 6.24. The number of hydrogen-bond acceptors (Lipinski definition) is 3. The van der Waals surface area contributed by atoms with Crippen LogP contribution < -0.4 is 4.52 Å². The molecule has 4 heteroatoms. The van der Waals surface area contributed by atoms with Crippen molar-refractivity contribution in [2.75, 3.05) is 13.2 Å². The first-order valence-corrected chi connectivity index (χ1v) is 8.67. The van der Waals surface area contributed by atoms with Gasteiger partial charge in [0.1, 0.15) is 5.75 Å². The van der Waals surface area contributed by atoms with Crippen LogP contribution in [0.4, 0.5) is 0 Å². The van der Waals surface area contributed by atoms with Crippen molar-refractivity contribution in [2.45, 2.75) is 58.8 Å². The number of benzene rings is 1. The van der Waals surface area contributed by atoms with Gasteiger partial charge in [0.05, 0.1) is 13.2 Å². The minimum atomic E-state index is -1.27. The van der Waals surface area contributed by atoms with E-state index in [0.29, 0.717) is 13.2 Å². The van der Waals surface area contributed by atoms with Crippen LogP contribution in [-0.2, 0) is 19.9 Å². The molecule has 2 rings (SSSR count). The van der Waals surface area contributed by atoms with Gasteiger partial charge in [-0.2, -0.15) is 0 Å². The lowest BCUT2D eigenvalue weighted by molar-refractivity contribution is 0.146. The quantitative estimate of drug-likeness (QED) is 0.691. The van der Waals surface area contributed by atoms with Crippen LogP contribution in [-0.4, -0.2) is 13.2 Å². The average Bonchev–Trinajstić information content (AvgIpc) is 2.37. The van der Waals surface area contributed by atoms with Crippen LogP contribution in [0.25, 0.3) is 0 Å². The van der Waals surface area contributed by atoms with Crippen molar-refractivity contribution >= 4 is 8.60 Å². The molecule has 0 N–H and O–H groups in total. The van der Waals surface area contributed by atoms with Crippen molar-refractivity contribution in [3.63, 3.8) is 0 Å². The van der Waals surface area contributed by atoms with E-state index in [4.69, 9.17) is 13.6 Å². The van der Waals surface area contributed by atoms with Gasteiger partial charge in [-0.1, -0.05) is 59.7 Å². The second-order valence-electron chi connectivity index (χ2n) is 7.52. The van der Waals surface area contributed by atoms with Gasteiger partial charge in [0.15, 0.2) is 0 Å². The summed E-state index contributed by atoms with van der Waals surface area (Å²) in [6.07, 6.45) is 0.940. The maximum atomic E-state index is 6.19. The maximum absolute atomic E-state index is 6.19. The highest BCUT2D eigenvalue weighted by molar-refractivity contribution is 7.42. The van der Waals surface area contributed by atoms with Crippen molar-refractivity contribution in [2.24, 2.45) is 0 Å². The Morgan fingerprint density at radius 3 is 1.81 bits per heavy atom. The minimum Gasteiger partial charge on any atom is -0.426 e. The molecule has 1 aliphatic heterocycles. The highest BCUT2D eigenvalue weighted by Crippen LogP contribution is 2.49. The van der Waals surface area contributed by atoms with Gasteiger partial charge in [-0.25, -0.2) is 0 Å². The van der Waals surface area contributed by atoms with Gasteiger partial charge in [-0.05, 0) is 17.3 Å². The van der Waals surface area contributed by atoms with Gasteiger partial charge >= 0.3 is 8.60 Å². The Hall–Kier alpha value is -0.630. The fraction of sp³-hybridized carbons (Fsp3) is 0.647. The van der Waals surface area contributed by atoms with E-state index in [1.165, 1.54) is 11.1 Å². The third kappa shape index (κ3) is 4.18. The summed E-state index contributed by atoms with van der Waals surface area (Å²) in [5.74, 6) is 0.936. The van der Waals surface area contributed by atoms with Crippen LogP contribution in [0, 0.1) is 0 Å². The standard InChI is InChI=1S/C17H27O3P/c1-16(2,3)13-9-7-10-14(17(4,5)6)15(13)20-21-18-11-8-12-19-21/h7,9-10H,8,11-12H2,1-6H3. The average molecular weight is 310 g/mol. The number of hydrogen-bond donors (Lipinski definition) is 0. The molecular formula is C17H27O3P. The largest absolute Gasteiger partial charge is 0.426 e. The van der Waals surface area contributed by atoms with Crippen molar-refractivity contribution in [3.8, 4) is 5.75 Å². The lowest BCUT2D eigenvalue weighted by atomic mass is 9.80. The molecule has 1 aromatic carbocycles. The summed E-state index contributed by atoms with van der Waals surface area (Å²) in [5, 5.41) is 0. The van der Waals surface area contributed by atoms with E-state index in [1.807, 2.05) is 0 Å². The molecule has 0 atom stereocenters. The molecule has 118 valence electrons. The van der Waals surface area contributed by atoms with Crippen LogP contribution in [0.1, 0.15) is 59.1 Å². The third-order valence-electron chi connectivity index (χ3n) is 3.48. The SMILES string of the molecule is CC(C)(C)c1cccc(C(C)(C)C)c1OP1OCCCO1. The lowest BCUT2D eigenvalue weighted by Gasteiger charge is -2.31. The minimum absolute atomic E-state index is 0.0156. The second-order valence-corrected chi connectivity index (χ2v) is 8.66. The molecule has 0 spiro atoms. The van der Waals surface area contributed by atoms with E-state index in [9.17, 15) is 0 Å². The first-order chi connectivity index (χ1) is 9.69. The van der Waals surface area contributed by atoms with Crippen LogP contribution in [0.5, 0.6) is 5.75 Å². The Balaban J connectivity index is 2.43. The van der Waals surface area contributed by atoms with Crippen LogP contribution >= 0.6 is 8.60 Å². The Kier molecular flexibility index (Phi) is 4.97. The van der Waals surface area contributed by atoms with Gasteiger partial charge in [0.2, 0.25) is 0 Å². The smallest absolute Gasteiger partial charge is 0.397 e. The van der Waals surface area contributed by atoms with E-state index in [1.54, 1.807) is 0 Å². The van der Waals surface area contributed by atoms with Crippen molar-refractivity contribution < 1.29 is 13.6 Å². The molecule has 1 aromatic rings. The summed E-state index contributed by atoms with van der Waals surface area (Å²) in [6, 6.07) is 6.40. The molecule has 1 heterocycles. The van der Waals surface area contributed by atoms with Gasteiger partial charge in [-0.3, -0.25) is 0 Å². The maximum Gasteiger partial charge on any atom is 0.397 e. The van der Waals surface area contributed by atoms with Gasteiger partial charge < -0.3 is 13.6 Å². The Morgan fingerprint density at radius 1 is 0.905 bits per heavy atom. The molecular weight excluding hydrogens is 283 g/mol. The first kappa shape index (κ1) is 16.7. The number of para-hydroxylation sites is 1. The molecule has 1 aliphatic rings. The topological polar surface area (TPSA) is 27.7 Å². The summed E-state index contributed by atoms with van der Waals surface area (Å²) in [5.41, 5.74) is 2.44. The summed E-state index contributed by atoms with van der Waals surface area (Å²) in [7, 11) is -1.27. The highest BCUT2D eigenvalue weighted by Gasteiger charge is 2.30. The zero-order valence-corrected chi connectivity index (χ0v) is 14.9. The third-order valence-corrected chi connectivity index (χ3v) is 4.60. The van der Waals surface area contributed by atoms with Crippen molar-refractivity contribution in [3.05, 3.63) is 29.3 Å². The highest BCUT2D eigenvalue weighted by atomic mass is 31.2. The van der Waals surface area contributed by atoms with E-state index in [2.05, 4.69) is 59.7 Å². The zero-order chi connectivity index (χ0) is 15.7. The van der Waals surface area contributed by atoms with Crippen LogP contribution in [0.15, 0.2) is 18.2 Å². The van der Waals surface area contributed by atoms with Crippen molar-refractivity contribution in [1.82, 2.24) is 0 Å². The Labute approximate surface area is 130 Å². The van der Waals surface area contributed by atoms with E-state index < -0.39 is 8.60 Å². The van der Waals surface area contributed by atoms with Gasteiger partial charge in [-0.15, -0.1) is 0 Å². The molecule has 21 heavy (non-hydrogen) atoms. The summed E-state index contributed by atoms with van der Waals surface area (Å²) < 4.78 is 17.5. The summed E-state index contributed by atoms with van der Waals surface area (Å²) >= 11 is 0. The fourth-order valence-corrected chi connectivity index (χ4v) is 3.40. The Bertz CT molecular complexity index is 448. The molecule has 3 nitrogen and oxygen atoms in total. The number of rotatable bonds is 2. The summed E-state index contributed by atoms with van der Waals surface area (Å²) in [6.45, 7) is 14.7. The monoisotopic (exact) mass is 310 g/mol. The molecule has 0 amide bonds. The van der Waals surface area contributed by atoms with Crippen molar-refractivity contribution in [1.29, 1.82) is 0 Å².